The van der Waals surface area contributed by atoms with Crippen molar-refractivity contribution in [3.8, 4) is 0 Å². The number of benzene rings is 1. The number of anilines is 1. The smallest absolute Gasteiger partial charge is 0.319 e. The molecular formula is C18H21N5O. The maximum Gasteiger partial charge on any atom is 0.319 e. The number of carbonyl (C=O) groups excluding carboxylic acids is 1. The van der Waals surface area contributed by atoms with Crippen molar-refractivity contribution in [2.75, 3.05) is 11.9 Å². The molecule has 24 heavy (non-hydrogen) atoms. The number of amides is 2. The Morgan fingerprint density at radius 3 is 2.71 bits per heavy atom. The molecule has 1 aromatic carbocycles. The number of rotatable bonds is 5. The summed E-state index contributed by atoms with van der Waals surface area (Å²) in [5.41, 5.74) is 2.54. The molecule has 6 nitrogen and oxygen atoms in total. The van der Waals surface area contributed by atoms with Crippen LogP contribution in [0.5, 0.6) is 0 Å². The zero-order valence-electron chi connectivity index (χ0n) is 13.9. The predicted octanol–water partition coefficient (Wildman–Crippen LogP) is 3.38. The van der Waals surface area contributed by atoms with Gasteiger partial charge in [0, 0.05) is 30.9 Å². The van der Waals surface area contributed by atoms with E-state index in [1.807, 2.05) is 42.5 Å². The fourth-order valence-electron chi connectivity index (χ4n) is 2.68. The number of nitrogens with one attached hydrogen (secondary N) is 2. The molecule has 3 aromatic rings. The predicted molar refractivity (Wildman–Crippen MR) is 95.1 cm³/mol. The molecule has 2 heterocycles. The van der Waals surface area contributed by atoms with E-state index in [1.165, 1.54) is 0 Å². The van der Waals surface area contributed by atoms with Gasteiger partial charge in [-0.05, 0) is 38.1 Å². The Labute approximate surface area is 140 Å². The summed E-state index contributed by atoms with van der Waals surface area (Å²) in [6.07, 6.45) is 2.43. The van der Waals surface area contributed by atoms with E-state index in [9.17, 15) is 4.79 Å². The van der Waals surface area contributed by atoms with Gasteiger partial charge in [0.2, 0.25) is 0 Å². The summed E-state index contributed by atoms with van der Waals surface area (Å²) in [4.78, 5) is 21.0. The lowest BCUT2D eigenvalue weighted by Gasteiger charge is -2.12. The second kappa shape index (κ2) is 7.12. The van der Waals surface area contributed by atoms with Crippen LogP contribution in [0.2, 0.25) is 0 Å². The summed E-state index contributed by atoms with van der Waals surface area (Å²) in [5, 5.41) is 5.67. The summed E-state index contributed by atoms with van der Waals surface area (Å²) in [6, 6.07) is 13.3. The number of imidazole rings is 1. The lowest BCUT2D eigenvalue weighted by Crippen LogP contribution is -2.31. The summed E-state index contributed by atoms with van der Waals surface area (Å²) in [7, 11) is 0. The van der Waals surface area contributed by atoms with Gasteiger partial charge in [-0.1, -0.05) is 18.2 Å². The molecule has 0 radical (unpaired) electrons. The van der Waals surface area contributed by atoms with Crippen LogP contribution in [0.25, 0.3) is 11.2 Å². The fourth-order valence-corrected chi connectivity index (χ4v) is 2.68. The zero-order valence-corrected chi connectivity index (χ0v) is 13.9. The van der Waals surface area contributed by atoms with E-state index in [0.717, 1.165) is 22.7 Å². The first-order valence-corrected chi connectivity index (χ1v) is 8.07. The van der Waals surface area contributed by atoms with Gasteiger partial charge < -0.3 is 15.2 Å². The van der Waals surface area contributed by atoms with Gasteiger partial charge in [0.1, 0.15) is 11.3 Å². The molecule has 2 N–H and O–H groups in total. The number of para-hydroxylation sites is 1. The SMILES string of the molecule is CC(C)n1c(CCNC(=O)Nc2ccccc2)nc2cccnc21. The molecular weight excluding hydrogens is 302 g/mol. The van der Waals surface area contributed by atoms with Crippen LogP contribution in [0.3, 0.4) is 0 Å². The summed E-state index contributed by atoms with van der Waals surface area (Å²) < 4.78 is 2.12. The van der Waals surface area contributed by atoms with Crippen LogP contribution in [-0.4, -0.2) is 27.1 Å². The molecule has 6 heteroatoms. The van der Waals surface area contributed by atoms with Crippen molar-refractivity contribution in [2.45, 2.75) is 26.3 Å². The highest BCUT2D eigenvalue weighted by Crippen LogP contribution is 2.19. The third-order valence-electron chi connectivity index (χ3n) is 3.70. The van der Waals surface area contributed by atoms with Crippen LogP contribution >= 0.6 is 0 Å². The number of pyridine rings is 1. The second-order valence-electron chi connectivity index (χ2n) is 5.83. The van der Waals surface area contributed by atoms with E-state index in [-0.39, 0.29) is 12.1 Å². The van der Waals surface area contributed by atoms with Crippen LogP contribution < -0.4 is 10.6 Å². The molecule has 0 spiro atoms. The summed E-state index contributed by atoms with van der Waals surface area (Å²) in [6.45, 7) is 4.72. The van der Waals surface area contributed by atoms with E-state index >= 15 is 0 Å². The highest BCUT2D eigenvalue weighted by Gasteiger charge is 2.14. The van der Waals surface area contributed by atoms with Gasteiger partial charge in [-0.3, -0.25) is 0 Å². The average Bonchev–Trinajstić information content (AvgIpc) is 2.94. The maximum atomic E-state index is 11.9. The van der Waals surface area contributed by atoms with E-state index in [1.54, 1.807) is 6.20 Å². The molecule has 0 aliphatic rings. The van der Waals surface area contributed by atoms with Crippen molar-refractivity contribution in [2.24, 2.45) is 0 Å². The molecule has 2 amide bonds. The molecule has 0 bridgehead atoms. The van der Waals surface area contributed by atoms with E-state index in [0.29, 0.717) is 13.0 Å². The van der Waals surface area contributed by atoms with Gasteiger partial charge >= 0.3 is 6.03 Å². The molecule has 0 aliphatic heterocycles. The van der Waals surface area contributed by atoms with E-state index in [4.69, 9.17) is 0 Å². The fraction of sp³-hybridized carbons (Fsp3) is 0.278. The first-order chi connectivity index (χ1) is 11.6. The van der Waals surface area contributed by atoms with E-state index < -0.39 is 0 Å². The Morgan fingerprint density at radius 1 is 1.17 bits per heavy atom. The Kier molecular flexibility index (Phi) is 4.74. The largest absolute Gasteiger partial charge is 0.337 e. The van der Waals surface area contributed by atoms with Crippen molar-refractivity contribution < 1.29 is 4.79 Å². The third kappa shape index (κ3) is 3.53. The third-order valence-corrected chi connectivity index (χ3v) is 3.70. The minimum Gasteiger partial charge on any atom is -0.337 e. The van der Waals surface area contributed by atoms with Gasteiger partial charge in [-0.25, -0.2) is 14.8 Å². The Balaban J connectivity index is 1.63. The first-order valence-electron chi connectivity index (χ1n) is 8.07. The molecule has 0 atom stereocenters. The first kappa shape index (κ1) is 16.0. The van der Waals surface area contributed by atoms with Crippen molar-refractivity contribution in [1.29, 1.82) is 0 Å². The molecule has 0 aliphatic carbocycles. The van der Waals surface area contributed by atoms with Crippen LogP contribution in [-0.2, 0) is 6.42 Å². The molecule has 3 rings (SSSR count). The summed E-state index contributed by atoms with van der Waals surface area (Å²) in [5.74, 6) is 0.929. The number of carbonyl (C=O) groups is 1. The monoisotopic (exact) mass is 323 g/mol. The van der Waals surface area contributed by atoms with Crippen LogP contribution in [0, 0.1) is 0 Å². The Morgan fingerprint density at radius 2 is 1.96 bits per heavy atom. The number of urea groups is 1. The minimum absolute atomic E-state index is 0.216. The number of nitrogens with zero attached hydrogens (tertiary/aromatic N) is 3. The van der Waals surface area contributed by atoms with Crippen molar-refractivity contribution in [3.05, 3.63) is 54.5 Å². The molecule has 124 valence electrons. The van der Waals surface area contributed by atoms with Gasteiger partial charge in [0.05, 0.1) is 0 Å². The molecule has 0 fully saturated rings. The Hall–Kier alpha value is -2.89. The average molecular weight is 323 g/mol. The minimum atomic E-state index is -0.216. The zero-order chi connectivity index (χ0) is 16.9. The van der Waals surface area contributed by atoms with Gasteiger partial charge in [-0.2, -0.15) is 0 Å². The summed E-state index contributed by atoms with van der Waals surface area (Å²) >= 11 is 0. The molecule has 0 saturated heterocycles. The van der Waals surface area contributed by atoms with Crippen molar-refractivity contribution in [1.82, 2.24) is 19.9 Å². The number of fused-ring (bicyclic) bond motifs is 1. The number of aromatic nitrogens is 3. The Bertz CT molecular complexity index is 826. The maximum absolute atomic E-state index is 11.9. The quantitative estimate of drug-likeness (QED) is 0.756. The molecule has 0 saturated carbocycles. The second-order valence-corrected chi connectivity index (χ2v) is 5.83. The lowest BCUT2D eigenvalue weighted by atomic mass is 10.3. The van der Waals surface area contributed by atoms with Crippen LogP contribution in [0.1, 0.15) is 25.7 Å². The molecule has 2 aromatic heterocycles. The number of hydrogen-bond acceptors (Lipinski definition) is 3. The highest BCUT2D eigenvalue weighted by atomic mass is 16.2. The van der Waals surface area contributed by atoms with Gasteiger partial charge in [0.15, 0.2) is 5.65 Å². The standard InChI is InChI=1S/C18H21N5O/c1-13(2)23-16(22-15-9-6-11-19-17(15)23)10-12-20-18(24)21-14-7-4-3-5-8-14/h3-9,11,13H,10,12H2,1-2H3,(H2,20,21,24). The van der Waals surface area contributed by atoms with Gasteiger partial charge in [-0.15, -0.1) is 0 Å². The van der Waals surface area contributed by atoms with E-state index in [2.05, 4.69) is 39.0 Å². The van der Waals surface area contributed by atoms with Crippen LogP contribution in [0.15, 0.2) is 48.7 Å². The molecule has 0 unspecified atom stereocenters. The highest BCUT2D eigenvalue weighted by molar-refractivity contribution is 5.89. The van der Waals surface area contributed by atoms with Crippen LogP contribution in [0.4, 0.5) is 10.5 Å². The number of hydrogen-bond donors (Lipinski definition) is 2. The lowest BCUT2D eigenvalue weighted by molar-refractivity contribution is 0.252. The van der Waals surface area contributed by atoms with Gasteiger partial charge in [0.25, 0.3) is 0 Å². The normalized spacial score (nSPS) is 11.0. The van der Waals surface area contributed by atoms with Crippen molar-refractivity contribution >= 4 is 22.9 Å². The topological polar surface area (TPSA) is 71.8 Å². The van der Waals surface area contributed by atoms with Crippen molar-refractivity contribution in [3.63, 3.8) is 0 Å².